The highest BCUT2D eigenvalue weighted by Crippen LogP contribution is 2.31. The molecule has 11 heteroatoms. The zero-order chi connectivity index (χ0) is 21.2. The van der Waals surface area contributed by atoms with Crippen LogP contribution in [0.3, 0.4) is 0 Å². The molecule has 2 N–H and O–H groups in total. The molecule has 0 unspecified atom stereocenters. The third-order valence-corrected chi connectivity index (χ3v) is 7.86. The van der Waals surface area contributed by atoms with E-state index in [-0.39, 0.29) is 16.6 Å². The first-order valence-electron chi connectivity index (χ1n) is 8.71. The zero-order valence-electron chi connectivity index (χ0n) is 16.9. The number of carbonyl (C=O) groups excluding carboxylic acids is 1. The summed E-state index contributed by atoms with van der Waals surface area (Å²) < 4.78 is 26.0. The number of nitrogens with zero attached hydrogens (tertiary/aromatic N) is 3. The highest BCUT2D eigenvalue weighted by molar-refractivity contribution is 7.91. The van der Waals surface area contributed by atoms with Gasteiger partial charge in [-0.25, -0.2) is 27.5 Å². The molecule has 0 saturated carbocycles. The number of aryl methyl sites for hydroxylation is 1. The molecule has 0 saturated heterocycles. The maximum atomic E-state index is 12.6. The molecule has 0 aliphatic rings. The Bertz CT molecular complexity index is 1120. The largest absolute Gasteiger partial charge is 0.327 e. The van der Waals surface area contributed by atoms with E-state index in [4.69, 9.17) is 0 Å². The van der Waals surface area contributed by atoms with Crippen molar-refractivity contribution in [3.8, 4) is 11.1 Å². The van der Waals surface area contributed by atoms with E-state index in [9.17, 15) is 13.2 Å². The van der Waals surface area contributed by atoms with Gasteiger partial charge >= 0.3 is 6.03 Å². The topological polar surface area (TPSA) is 96.7 Å². The molecule has 0 spiro atoms. The summed E-state index contributed by atoms with van der Waals surface area (Å²) in [5.41, 5.74) is 3.04. The summed E-state index contributed by atoms with van der Waals surface area (Å²) in [6.07, 6.45) is 3.73. The average molecular weight is 469 g/mol. The minimum absolute atomic E-state index is 0. The fourth-order valence-corrected chi connectivity index (χ4v) is 5.13. The number of hydrogen-bond acceptors (Lipinski definition) is 5. The molecule has 3 aromatic rings. The van der Waals surface area contributed by atoms with Crippen molar-refractivity contribution in [2.24, 2.45) is 0 Å². The number of hydrogen-bond donors (Lipinski definition) is 1. The van der Waals surface area contributed by atoms with Crippen molar-refractivity contribution >= 4 is 50.6 Å². The number of aromatic nitrogens is 2. The SMILES string of the molecule is Cc1nc(N(C)C(=O)Nc2ccc(-c3ccc[nH+]c3)cc2)sc1S(=O)(=O)N(C)C.Cl. The molecule has 1 aromatic carbocycles. The van der Waals surface area contributed by atoms with Crippen LogP contribution in [0.2, 0.25) is 0 Å². The van der Waals surface area contributed by atoms with Crippen LogP contribution in [0.5, 0.6) is 0 Å². The van der Waals surface area contributed by atoms with Crippen LogP contribution in [-0.4, -0.2) is 44.9 Å². The second kappa shape index (κ2) is 9.52. The van der Waals surface area contributed by atoms with Crippen molar-refractivity contribution in [2.75, 3.05) is 31.4 Å². The van der Waals surface area contributed by atoms with Crippen LogP contribution in [0.25, 0.3) is 11.1 Å². The van der Waals surface area contributed by atoms with E-state index in [1.165, 1.54) is 19.0 Å². The number of aromatic amines is 1. The summed E-state index contributed by atoms with van der Waals surface area (Å²) in [7, 11) is 0.862. The summed E-state index contributed by atoms with van der Waals surface area (Å²) in [6, 6.07) is 10.9. The number of sulfonamides is 1. The van der Waals surface area contributed by atoms with Crippen LogP contribution < -0.4 is 15.2 Å². The van der Waals surface area contributed by atoms with Gasteiger partial charge in [0.2, 0.25) is 0 Å². The second-order valence-corrected chi connectivity index (χ2v) is 9.84. The Morgan fingerprint density at radius 3 is 2.33 bits per heavy atom. The summed E-state index contributed by atoms with van der Waals surface area (Å²) >= 11 is 0.962. The molecular formula is C19H23ClN5O3S2+. The number of urea groups is 1. The van der Waals surface area contributed by atoms with Crippen LogP contribution in [0.1, 0.15) is 5.69 Å². The van der Waals surface area contributed by atoms with Gasteiger partial charge in [-0.15, -0.1) is 12.4 Å². The molecule has 2 aromatic heterocycles. The van der Waals surface area contributed by atoms with Gasteiger partial charge in [0.1, 0.15) is 0 Å². The van der Waals surface area contributed by atoms with Gasteiger partial charge in [-0.3, -0.25) is 4.90 Å². The predicted molar refractivity (Wildman–Crippen MR) is 121 cm³/mol. The van der Waals surface area contributed by atoms with Crippen LogP contribution in [0.4, 0.5) is 15.6 Å². The summed E-state index contributed by atoms with van der Waals surface area (Å²) in [6.45, 7) is 1.61. The number of pyridine rings is 1. The zero-order valence-corrected chi connectivity index (χ0v) is 19.4. The normalized spacial score (nSPS) is 11.1. The maximum Gasteiger partial charge on any atom is 0.327 e. The van der Waals surface area contributed by atoms with Gasteiger partial charge in [0.25, 0.3) is 10.0 Å². The lowest BCUT2D eigenvalue weighted by Crippen LogP contribution is -2.31. The van der Waals surface area contributed by atoms with E-state index in [1.54, 1.807) is 14.0 Å². The van der Waals surface area contributed by atoms with Crippen molar-refractivity contribution in [3.63, 3.8) is 0 Å². The smallest absolute Gasteiger partial charge is 0.307 e. The molecule has 2 heterocycles. The highest BCUT2D eigenvalue weighted by Gasteiger charge is 2.26. The van der Waals surface area contributed by atoms with E-state index >= 15 is 0 Å². The lowest BCUT2D eigenvalue weighted by atomic mass is 10.1. The Morgan fingerprint density at radius 2 is 1.77 bits per heavy atom. The summed E-state index contributed by atoms with van der Waals surface area (Å²) in [5, 5.41) is 3.10. The van der Waals surface area contributed by atoms with Gasteiger partial charge < -0.3 is 5.32 Å². The maximum absolute atomic E-state index is 12.6. The van der Waals surface area contributed by atoms with Gasteiger partial charge in [0.05, 0.1) is 5.69 Å². The Hall–Kier alpha value is -2.53. The first kappa shape index (κ1) is 23.7. The van der Waals surface area contributed by atoms with E-state index < -0.39 is 16.1 Å². The van der Waals surface area contributed by atoms with Crippen LogP contribution in [0.15, 0.2) is 53.0 Å². The molecule has 160 valence electrons. The van der Waals surface area contributed by atoms with Crippen molar-refractivity contribution < 1.29 is 18.2 Å². The molecule has 0 radical (unpaired) electrons. The Labute approximate surface area is 186 Å². The number of anilines is 2. The van der Waals surface area contributed by atoms with Gasteiger partial charge in [0, 0.05) is 38.5 Å². The molecule has 0 aliphatic carbocycles. The number of H-pyrrole nitrogens is 1. The van der Waals surface area contributed by atoms with E-state index in [0.29, 0.717) is 16.5 Å². The first-order chi connectivity index (χ1) is 13.7. The van der Waals surface area contributed by atoms with E-state index in [1.807, 2.05) is 48.8 Å². The van der Waals surface area contributed by atoms with Crippen molar-refractivity contribution in [3.05, 3.63) is 54.5 Å². The third-order valence-electron chi connectivity index (χ3n) is 4.23. The monoisotopic (exact) mass is 468 g/mol. The Morgan fingerprint density at radius 1 is 1.10 bits per heavy atom. The Balaban J connectivity index is 0.00000320. The highest BCUT2D eigenvalue weighted by atomic mass is 35.5. The van der Waals surface area contributed by atoms with Gasteiger partial charge in [-0.2, -0.15) is 0 Å². The number of nitrogens with one attached hydrogen (secondary N) is 2. The van der Waals surface area contributed by atoms with Crippen molar-refractivity contribution in [2.45, 2.75) is 11.1 Å². The molecule has 8 nitrogen and oxygen atoms in total. The summed E-state index contributed by atoms with van der Waals surface area (Å²) in [4.78, 5) is 21.2. The van der Waals surface area contributed by atoms with Crippen molar-refractivity contribution in [1.29, 1.82) is 0 Å². The molecule has 30 heavy (non-hydrogen) atoms. The van der Waals surface area contributed by atoms with Gasteiger partial charge in [-0.05, 0) is 30.7 Å². The first-order valence-corrected chi connectivity index (χ1v) is 11.0. The molecule has 3 rings (SSSR count). The molecule has 0 fully saturated rings. The number of carbonyl (C=O) groups is 1. The number of amides is 2. The minimum Gasteiger partial charge on any atom is -0.307 e. The standard InChI is InChI=1S/C19H21N5O3S2.ClH/c1-13-17(29(26,27)23(2)3)28-19(21-13)24(4)18(25)22-16-9-7-14(8-10-16)15-6-5-11-20-12-15;/h5-12H,1-4H3,(H,22,25);1H/p+1. The third kappa shape index (κ3) is 4.96. The fourth-order valence-electron chi connectivity index (χ4n) is 2.53. The van der Waals surface area contributed by atoms with Gasteiger partial charge in [0.15, 0.2) is 21.7 Å². The van der Waals surface area contributed by atoms with Gasteiger partial charge in [-0.1, -0.05) is 23.5 Å². The summed E-state index contributed by atoms with van der Waals surface area (Å²) in [5.74, 6) is 0. The number of halogens is 1. The quantitative estimate of drug-likeness (QED) is 0.621. The molecular weight excluding hydrogens is 446 g/mol. The second-order valence-electron chi connectivity index (χ2n) is 6.52. The van der Waals surface area contributed by atoms with Crippen LogP contribution in [-0.2, 0) is 10.0 Å². The minimum atomic E-state index is -3.61. The number of rotatable bonds is 5. The van der Waals surface area contributed by atoms with Crippen LogP contribution >= 0.6 is 23.7 Å². The number of thiazole rings is 1. The molecule has 0 atom stereocenters. The molecule has 2 amide bonds. The fraction of sp³-hybridized carbons (Fsp3) is 0.211. The number of benzene rings is 1. The van der Waals surface area contributed by atoms with Crippen molar-refractivity contribution in [1.82, 2.24) is 9.29 Å². The average Bonchev–Trinajstić information content (AvgIpc) is 3.11. The predicted octanol–water partition coefficient (Wildman–Crippen LogP) is 3.27. The lowest BCUT2D eigenvalue weighted by molar-refractivity contribution is -0.377. The lowest BCUT2D eigenvalue weighted by Gasteiger charge is -2.15. The molecule has 0 bridgehead atoms. The molecule has 0 aliphatic heterocycles. The van der Waals surface area contributed by atoms with E-state index in [0.717, 1.165) is 26.8 Å². The van der Waals surface area contributed by atoms with E-state index in [2.05, 4.69) is 15.3 Å². The van der Waals surface area contributed by atoms with Crippen LogP contribution in [0, 0.1) is 6.92 Å². The Kier molecular flexibility index (Phi) is 7.54.